The van der Waals surface area contributed by atoms with Gasteiger partial charge in [-0.3, -0.25) is 13.9 Å². The topological polar surface area (TPSA) is 96.0 Å². The number of nitrogens with zero attached hydrogens (tertiary/aromatic N) is 2. The van der Waals surface area contributed by atoms with Crippen molar-refractivity contribution in [1.82, 2.24) is 10.2 Å². The fraction of sp³-hybridized carbons (Fsp3) is 0.440. The molecule has 2 amide bonds. The summed E-state index contributed by atoms with van der Waals surface area (Å²) >= 11 is 3.40. The number of hydrogen-bond donors (Lipinski definition) is 1. The molecule has 0 saturated heterocycles. The van der Waals surface area contributed by atoms with E-state index in [-0.39, 0.29) is 12.5 Å². The van der Waals surface area contributed by atoms with Gasteiger partial charge < -0.3 is 15.0 Å². The highest BCUT2D eigenvalue weighted by Gasteiger charge is 2.30. The zero-order valence-electron chi connectivity index (χ0n) is 20.7. The molecule has 0 radical (unpaired) electrons. The standard InChI is InChI=1S/C25H34BrN3O5S/c1-5-7-16-27-25(31)19(3)28(17-20-8-10-21(26)11-9-20)24(30)18-29(35(4,32)33)22-12-14-23(15-13-22)34-6-2/h8-15,19H,5-7,16-18H2,1-4H3,(H,27,31)/t19-/m1/s1. The van der Waals surface area contributed by atoms with Crippen LogP contribution in [0.1, 0.15) is 39.2 Å². The van der Waals surface area contributed by atoms with Crippen LogP contribution in [0, 0.1) is 0 Å². The Morgan fingerprint density at radius 1 is 1.06 bits per heavy atom. The van der Waals surface area contributed by atoms with Gasteiger partial charge in [0.25, 0.3) is 0 Å². The van der Waals surface area contributed by atoms with Gasteiger partial charge in [-0.05, 0) is 62.2 Å². The van der Waals surface area contributed by atoms with Crippen LogP contribution < -0.4 is 14.4 Å². The SMILES string of the molecule is CCCCNC(=O)[C@@H](C)N(Cc1ccc(Br)cc1)C(=O)CN(c1ccc(OCC)cc1)S(C)(=O)=O. The van der Waals surface area contributed by atoms with Crippen LogP contribution in [0.25, 0.3) is 0 Å². The Hall–Kier alpha value is -2.59. The van der Waals surface area contributed by atoms with Gasteiger partial charge in [-0.15, -0.1) is 0 Å². The largest absolute Gasteiger partial charge is 0.494 e. The van der Waals surface area contributed by atoms with Crippen LogP contribution >= 0.6 is 15.9 Å². The molecule has 2 rings (SSSR count). The molecule has 192 valence electrons. The van der Waals surface area contributed by atoms with Crippen molar-refractivity contribution in [2.45, 2.75) is 46.2 Å². The van der Waals surface area contributed by atoms with E-state index in [2.05, 4.69) is 21.2 Å². The molecule has 0 spiro atoms. The monoisotopic (exact) mass is 567 g/mol. The van der Waals surface area contributed by atoms with Gasteiger partial charge in [-0.1, -0.05) is 41.4 Å². The first-order valence-electron chi connectivity index (χ1n) is 11.6. The fourth-order valence-electron chi connectivity index (χ4n) is 3.39. The van der Waals surface area contributed by atoms with Crippen molar-refractivity contribution in [3.8, 4) is 5.75 Å². The highest BCUT2D eigenvalue weighted by Crippen LogP contribution is 2.23. The Morgan fingerprint density at radius 3 is 2.23 bits per heavy atom. The lowest BCUT2D eigenvalue weighted by atomic mass is 10.1. The first-order chi connectivity index (χ1) is 16.6. The number of nitrogens with one attached hydrogen (secondary N) is 1. The predicted molar refractivity (Wildman–Crippen MR) is 142 cm³/mol. The van der Waals surface area contributed by atoms with Gasteiger partial charge in [0.05, 0.1) is 18.6 Å². The molecule has 0 saturated carbocycles. The number of rotatable bonds is 13. The number of carbonyl (C=O) groups excluding carboxylic acids is 2. The number of unbranched alkanes of at least 4 members (excludes halogenated alkanes) is 1. The lowest BCUT2D eigenvalue weighted by Gasteiger charge is -2.31. The zero-order chi connectivity index (χ0) is 26.0. The van der Waals surface area contributed by atoms with Crippen molar-refractivity contribution in [3.05, 3.63) is 58.6 Å². The number of sulfonamides is 1. The highest BCUT2D eigenvalue weighted by molar-refractivity contribution is 9.10. The molecule has 0 aliphatic heterocycles. The molecule has 0 unspecified atom stereocenters. The summed E-state index contributed by atoms with van der Waals surface area (Å²) in [4.78, 5) is 27.7. The van der Waals surface area contributed by atoms with Gasteiger partial charge in [0, 0.05) is 17.6 Å². The Morgan fingerprint density at radius 2 is 1.69 bits per heavy atom. The minimum absolute atomic E-state index is 0.162. The molecule has 1 atom stereocenters. The lowest BCUT2D eigenvalue weighted by molar-refractivity contribution is -0.139. The third kappa shape index (κ3) is 8.85. The van der Waals surface area contributed by atoms with Crippen molar-refractivity contribution >= 4 is 43.5 Å². The van der Waals surface area contributed by atoms with Crippen molar-refractivity contribution in [3.63, 3.8) is 0 Å². The van der Waals surface area contributed by atoms with E-state index in [0.717, 1.165) is 33.4 Å². The fourth-order valence-corrected chi connectivity index (χ4v) is 4.51. The summed E-state index contributed by atoms with van der Waals surface area (Å²) in [5.41, 5.74) is 1.16. The number of benzene rings is 2. The molecule has 0 fully saturated rings. The van der Waals surface area contributed by atoms with Crippen molar-refractivity contribution < 1.29 is 22.7 Å². The molecule has 2 aromatic rings. The Bertz CT molecular complexity index is 1080. The smallest absolute Gasteiger partial charge is 0.244 e. The molecule has 0 aliphatic rings. The zero-order valence-corrected chi connectivity index (χ0v) is 23.1. The van der Waals surface area contributed by atoms with E-state index in [1.807, 2.05) is 38.1 Å². The van der Waals surface area contributed by atoms with Gasteiger partial charge in [0.15, 0.2) is 0 Å². The average Bonchev–Trinajstić information content (AvgIpc) is 2.82. The molecule has 2 aromatic carbocycles. The minimum Gasteiger partial charge on any atom is -0.494 e. The molecule has 1 N–H and O–H groups in total. The normalized spacial score (nSPS) is 12.0. The number of halogens is 1. The number of hydrogen-bond acceptors (Lipinski definition) is 5. The van der Waals surface area contributed by atoms with E-state index >= 15 is 0 Å². The number of ether oxygens (including phenoxy) is 1. The Balaban J connectivity index is 2.32. The molecule has 10 heteroatoms. The summed E-state index contributed by atoms with van der Waals surface area (Å²) in [5.74, 6) is -0.161. The third-order valence-electron chi connectivity index (χ3n) is 5.38. The predicted octanol–water partition coefficient (Wildman–Crippen LogP) is 3.95. The van der Waals surface area contributed by atoms with Crippen molar-refractivity contribution in [1.29, 1.82) is 0 Å². The van der Waals surface area contributed by atoms with Gasteiger partial charge >= 0.3 is 0 Å². The second kappa shape index (κ2) is 13.5. The van der Waals surface area contributed by atoms with Crippen LogP contribution in [-0.2, 0) is 26.2 Å². The summed E-state index contributed by atoms with van der Waals surface area (Å²) in [5, 5.41) is 2.86. The van der Waals surface area contributed by atoms with E-state index in [1.54, 1.807) is 31.2 Å². The molecule has 8 nitrogen and oxygen atoms in total. The Kier molecular flexibility index (Phi) is 11.0. The molecule has 0 heterocycles. The van der Waals surface area contributed by atoms with Crippen molar-refractivity contribution in [2.24, 2.45) is 0 Å². The third-order valence-corrected chi connectivity index (χ3v) is 7.05. The van der Waals surface area contributed by atoms with Crippen LogP contribution in [0.15, 0.2) is 53.0 Å². The molecule has 0 aliphatic carbocycles. The maximum absolute atomic E-state index is 13.5. The second-order valence-electron chi connectivity index (χ2n) is 8.17. The molecular weight excluding hydrogens is 534 g/mol. The minimum atomic E-state index is -3.78. The van der Waals surface area contributed by atoms with Crippen LogP contribution in [0.3, 0.4) is 0 Å². The molecule has 35 heavy (non-hydrogen) atoms. The first-order valence-corrected chi connectivity index (χ1v) is 14.2. The summed E-state index contributed by atoms with van der Waals surface area (Å²) in [6.07, 6.45) is 2.82. The summed E-state index contributed by atoms with van der Waals surface area (Å²) in [7, 11) is -3.78. The number of anilines is 1. The van der Waals surface area contributed by atoms with E-state index in [9.17, 15) is 18.0 Å². The van der Waals surface area contributed by atoms with Crippen molar-refractivity contribution in [2.75, 3.05) is 30.3 Å². The molecule has 0 aromatic heterocycles. The first kappa shape index (κ1) is 28.6. The van der Waals surface area contributed by atoms with E-state index in [1.165, 1.54) is 4.90 Å². The average molecular weight is 569 g/mol. The van der Waals surface area contributed by atoms with Gasteiger partial charge in [0.2, 0.25) is 21.8 Å². The maximum Gasteiger partial charge on any atom is 0.244 e. The van der Waals surface area contributed by atoms with Crippen LogP contribution in [0.4, 0.5) is 5.69 Å². The maximum atomic E-state index is 13.5. The second-order valence-corrected chi connectivity index (χ2v) is 11.0. The molecular formula is C25H34BrN3O5S. The van der Waals surface area contributed by atoms with Gasteiger partial charge in [-0.25, -0.2) is 8.42 Å². The Labute approximate surface area is 216 Å². The number of amides is 2. The molecule has 0 bridgehead atoms. The highest BCUT2D eigenvalue weighted by atomic mass is 79.9. The number of carbonyl (C=O) groups is 2. The summed E-state index contributed by atoms with van der Waals surface area (Å²) in [6, 6.07) is 13.1. The summed E-state index contributed by atoms with van der Waals surface area (Å²) in [6.45, 7) is 6.26. The van der Waals surface area contributed by atoms with E-state index < -0.39 is 28.5 Å². The van der Waals surface area contributed by atoms with Gasteiger partial charge in [0.1, 0.15) is 18.3 Å². The van der Waals surface area contributed by atoms with Crippen LogP contribution in [-0.4, -0.2) is 57.1 Å². The summed E-state index contributed by atoms with van der Waals surface area (Å²) < 4.78 is 32.6. The van der Waals surface area contributed by atoms with E-state index in [0.29, 0.717) is 24.6 Å². The van der Waals surface area contributed by atoms with Crippen LogP contribution in [0.2, 0.25) is 0 Å². The van der Waals surface area contributed by atoms with Crippen LogP contribution in [0.5, 0.6) is 5.75 Å². The quantitative estimate of drug-likeness (QED) is 0.370. The van der Waals surface area contributed by atoms with E-state index in [4.69, 9.17) is 4.74 Å². The van der Waals surface area contributed by atoms with Gasteiger partial charge in [-0.2, -0.15) is 0 Å². The lowest BCUT2D eigenvalue weighted by Crippen LogP contribution is -2.51.